The molecule has 1 fully saturated rings. The van der Waals surface area contributed by atoms with Crippen molar-refractivity contribution in [2.75, 3.05) is 25.0 Å². The summed E-state index contributed by atoms with van der Waals surface area (Å²) < 4.78 is 7.49. The Morgan fingerprint density at radius 3 is 2.81 bits per heavy atom. The summed E-state index contributed by atoms with van der Waals surface area (Å²) in [5.41, 5.74) is 4.31. The Morgan fingerprint density at radius 1 is 1.06 bits per heavy atom. The van der Waals surface area contributed by atoms with E-state index < -0.39 is 0 Å². The maximum absolute atomic E-state index is 5.65. The maximum atomic E-state index is 5.65. The van der Waals surface area contributed by atoms with Crippen molar-refractivity contribution >= 4 is 16.9 Å². The molecule has 0 spiro atoms. The molecule has 31 heavy (non-hydrogen) atoms. The molecule has 3 heterocycles. The Morgan fingerprint density at radius 2 is 1.94 bits per heavy atom. The smallest absolute Gasteiger partial charge is 0.168 e. The first-order valence-electron chi connectivity index (χ1n) is 10.7. The molecule has 1 unspecified atom stereocenters. The summed E-state index contributed by atoms with van der Waals surface area (Å²) in [6.45, 7) is 6.54. The molecule has 0 aliphatic carbocycles. The third-order valence-electron chi connectivity index (χ3n) is 5.55. The molecule has 1 aliphatic rings. The van der Waals surface area contributed by atoms with Crippen LogP contribution in [0.5, 0.6) is 0 Å². The van der Waals surface area contributed by atoms with E-state index in [0.29, 0.717) is 12.6 Å². The van der Waals surface area contributed by atoms with Gasteiger partial charge in [-0.25, -0.2) is 14.6 Å². The van der Waals surface area contributed by atoms with Crippen molar-refractivity contribution in [1.29, 1.82) is 0 Å². The number of nitrogens with one attached hydrogen (secondary N) is 1. The standard InChI is InChI=1S/C24H26N6O/c1-18-15-29(10-11-31-18)16-20-7-5-6-19(12-20)13-25-23-22-14-28-30(24(22)27-17-26-23)21-8-3-2-4-9-21/h2-9,12,14,17-18H,10-11,13,15-16H2,1H3,(H,25,26,27). The summed E-state index contributed by atoms with van der Waals surface area (Å²) in [6.07, 6.45) is 3.71. The lowest BCUT2D eigenvalue weighted by atomic mass is 10.1. The number of nitrogens with zero attached hydrogens (tertiary/aromatic N) is 5. The lowest BCUT2D eigenvalue weighted by Crippen LogP contribution is -2.40. The topological polar surface area (TPSA) is 68.1 Å². The predicted molar refractivity (Wildman–Crippen MR) is 121 cm³/mol. The van der Waals surface area contributed by atoms with Crippen molar-refractivity contribution in [2.24, 2.45) is 0 Å². The van der Waals surface area contributed by atoms with Gasteiger partial charge in [0.1, 0.15) is 12.1 Å². The van der Waals surface area contributed by atoms with Gasteiger partial charge in [0.05, 0.1) is 30.0 Å². The van der Waals surface area contributed by atoms with Crippen LogP contribution >= 0.6 is 0 Å². The van der Waals surface area contributed by atoms with Gasteiger partial charge in [-0.15, -0.1) is 0 Å². The Labute approximate surface area is 181 Å². The first-order valence-corrected chi connectivity index (χ1v) is 10.7. The molecule has 1 N–H and O–H groups in total. The number of anilines is 1. The van der Waals surface area contributed by atoms with Gasteiger partial charge in [-0.3, -0.25) is 4.90 Å². The number of benzene rings is 2. The van der Waals surface area contributed by atoms with Gasteiger partial charge in [0, 0.05) is 26.2 Å². The highest BCUT2D eigenvalue weighted by Gasteiger charge is 2.16. The fraction of sp³-hybridized carbons (Fsp3) is 0.292. The molecule has 0 radical (unpaired) electrons. The van der Waals surface area contributed by atoms with Crippen LogP contribution in [0.2, 0.25) is 0 Å². The quantitative estimate of drug-likeness (QED) is 0.519. The molecular formula is C24H26N6O. The molecule has 7 heteroatoms. The van der Waals surface area contributed by atoms with Crippen molar-refractivity contribution in [3.05, 3.63) is 78.2 Å². The van der Waals surface area contributed by atoms with Gasteiger partial charge >= 0.3 is 0 Å². The molecule has 4 aromatic rings. The number of hydrogen-bond acceptors (Lipinski definition) is 6. The molecule has 0 bridgehead atoms. The molecule has 158 valence electrons. The van der Waals surface area contributed by atoms with E-state index >= 15 is 0 Å². The number of hydrogen-bond donors (Lipinski definition) is 1. The number of ether oxygens (including phenoxy) is 1. The number of fused-ring (bicyclic) bond motifs is 1. The van der Waals surface area contributed by atoms with Crippen LogP contribution in [0.15, 0.2) is 67.1 Å². The molecule has 7 nitrogen and oxygen atoms in total. The Hall–Kier alpha value is -3.29. The summed E-state index contributed by atoms with van der Waals surface area (Å²) in [7, 11) is 0. The molecular weight excluding hydrogens is 388 g/mol. The van der Waals surface area contributed by atoms with Gasteiger partial charge in [-0.2, -0.15) is 5.10 Å². The van der Waals surface area contributed by atoms with Crippen molar-refractivity contribution < 1.29 is 4.74 Å². The van der Waals surface area contributed by atoms with E-state index in [2.05, 4.69) is 56.5 Å². The zero-order valence-electron chi connectivity index (χ0n) is 17.6. The second kappa shape index (κ2) is 8.83. The normalized spacial score (nSPS) is 17.1. The van der Waals surface area contributed by atoms with Crippen LogP contribution in [-0.4, -0.2) is 50.4 Å². The van der Waals surface area contributed by atoms with Crippen molar-refractivity contribution in [3.63, 3.8) is 0 Å². The highest BCUT2D eigenvalue weighted by atomic mass is 16.5. The van der Waals surface area contributed by atoms with Crippen LogP contribution in [0.1, 0.15) is 18.1 Å². The van der Waals surface area contributed by atoms with E-state index in [0.717, 1.165) is 48.8 Å². The maximum Gasteiger partial charge on any atom is 0.168 e. The lowest BCUT2D eigenvalue weighted by Gasteiger charge is -2.31. The number of aromatic nitrogens is 4. The van der Waals surface area contributed by atoms with E-state index in [1.807, 2.05) is 41.2 Å². The second-order valence-corrected chi connectivity index (χ2v) is 7.94. The summed E-state index contributed by atoms with van der Waals surface area (Å²) in [4.78, 5) is 11.4. The van der Waals surface area contributed by atoms with Crippen LogP contribution in [0.3, 0.4) is 0 Å². The molecule has 1 atom stereocenters. The van der Waals surface area contributed by atoms with Crippen molar-refractivity contribution in [2.45, 2.75) is 26.1 Å². The number of para-hydroxylation sites is 1. The third kappa shape index (κ3) is 4.42. The first kappa shape index (κ1) is 19.7. The zero-order valence-corrected chi connectivity index (χ0v) is 17.6. The average molecular weight is 415 g/mol. The minimum absolute atomic E-state index is 0.301. The minimum Gasteiger partial charge on any atom is -0.376 e. The molecule has 5 rings (SSSR count). The minimum atomic E-state index is 0.301. The highest BCUT2D eigenvalue weighted by molar-refractivity contribution is 5.87. The molecule has 0 saturated carbocycles. The van der Waals surface area contributed by atoms with E-state index in [9.17, 15) is 0 Å². The zero-order chi connectivity index (χ0) is 21.0. The van der Waals surface area contributed by atoms with Crippen LogP contribution < -0.4 is 5.32 Å². The van der Waals surface area contributed by atoms with Crippen molar-refractivity contribution in [3.8, 4) is 5.69 Å². The second-order valence-electron chi connectivity index (χ2n) is 7.94. The largest absolute Gasteiger partial charge is 0.376 e. The third-order valence-corrected chi connectivity index (χ3v) is 5.55. The first-order chi connectivity index (χ1) is 15.3. The molecule has 1 aliphatic heterocycles. The highest BCUT2D eigenvalue weighted by Crippen LogP contribution is 2.22. The van der Waals surface area contributed by atoms with Crippen LogP contribution in [0.4, 0.5) is 5.82 Å². The van der Waals surface area contributed by atoms with E-state index in [-0.39, 0.29) is 0 Å². The Bertz CT molecular complexity index is 1160. The van der Waals surface area contributed by atoms with Crippen LogP contribution in [0.25, 0.3) is 16.7 Å². The molecule has 1 saturated heterocycles. The van der Waals surface area contributed by atoms with Gasteiger partial charge in [0.25, 0.3) is 0 Å². The Kier molecular flexibility index (Phi) is 5.60. The van der Waals surface area contributed by atoms with Gasteiger partial charge in [0.15, 0.2) is 5.65 Å². The monoisotopic (exact) mass is 414 g/mol. The molecule has 2 aromatic carbocycles. The predicted octanol–water partition coefficient (Wildman–Crippen LogP) is 3.65. The fourth-order valence-corrected chi connectivity index (χ4v) is 4.06. The van der Waals surface area contributed by atoms with E-state index in [4.69, 9.17) is 4.74 Å². The SMILES string of the molecule is CC1CN(Cc2cccc(CNc3ncnc4c3cnn4-c3ccccc3)c2)CCO1. The summed E-state index contributed by atoms with van der Waals surface area (Å²) in [6, 6.07) is 18.7. The van der Waals surface area contributed by atoms with Gasteiger partial charge in [-0.05, 0) is 30.2 Å². The van der Waals surface area contributed by atoms with Crippen LogP contribution in [0, 0.1) is 0 Å². The van der Waals surface area contributed by atoms with E-state index in [1.54, 1.807) is 6.33 Å². The lowest BCUT2D eigenvalue weighted by molar-refractivity contribution is -0.0212. The number of rotatable bonds is 6. The summed E-state index contributed by atoms with van der Waals surface area (Å²) >= 11 is 0. The van der Waals surface area contributed by atoms with Gasteiger partial charge in [-0.1, -0.05) is 42.5 Å². The summed E-state index contributed by atoms with van der Waals surface area (Å²) in [5, 5.41) is 8.90. The fourth-order valence-electron chi connectivity index (χ4n) is 4.06. The number of morpholine rings is 1. The molecule has 0 amide bonds. The molecule has 2 aromatic heterocycles. The van der Waals surface area contributed by atoms with Gasteiger partial charge < -0.3 is 10.1 Å². The van der Waals surface area contributed by atoms with Crippen molar-refractivity contribution in [1.82, 2.24) is 24.6 Å². The van der Waals surface area contributed by atoms with Gasteiger partial charge in [0.2, 0.25) is 0 Å². The van der Waals surface area contributed by atoms with E-state index in [1.165, 1.54) is 11.1 Å². The van der Waals surface area contributed by atoms with Crippen LogP contribution in [-0.2, 0) is 17.8 Å². The summed E-state index contributed by atoms with van der Waals surface area (Å²) in [5.74, 6) is 0.791. The average Bonchev–Trinajstić information content (AvgIpc) is 3.23. The Balaban J connectivity index is 1.31.